The van der Waals surface area contributed by atoms with Gasteiger partial charge in [0.15, 0.2) is 0 Å². The van der Waals surface area contributed by atoms with Crippen molar-refractivity contribution in [1.29, 1.82) is 0 Å². The number of nitrogens with zero attached hydrogens (tertiary/aromatic N) is 2. The van der Waals surface area contributed by atoms with Crippen LogP contribution in [0.3, 0.4) is 0 Å². The molecule has 0 saturated heterocycles. The number of rotatable bonds is 6. The minimum atomic E-state index is -0.296. The molecule has 0 bridgehead atoms. The van der Waals surface area contributed by atoms with Gasteiger partial charge >= 0.3 is 0 Å². The Balaban J connectivity index is 1.89. The van der Waals surface area contributed by atoms with E-state index in [1.54, 1.807) is 0 Å². The molecular formula is C14H23N5O2. The zero-order chi connectivity index (χ0) is 15.1. The molecule has 4 N–H and O–H groups in total. The van der Waals surface area contributed by atoms with Crippen LogP contribution in [-0.4, -0.2) is 34.8 Å². The summed E-state index contributed by atoms with van der Waals surface area (Å²) in [6.45, 7) is 1.02. The SMILES string of the molecule is NCCNc1cnn(CC(=O)NC2CCCCC2)c(=O)c1. The molecule has 7 heteroatoms. The molecule has 2 rings (SSSR count). The predicted molar refractivity (Wildman–Crippen MR) is 81.1 cm³/mol. The van der Waals surface area contributed by atoms with Crippen LogP contribution in [0.5, 0.6) is 0 Å². The summed E-state index contributed by atoms with van der Waals surface area (Å²) >= 11 is 0. The van der Waals surface area contributed by atoms with Gasteiger partial charge in [0.25, 0.3) is 5.56 Å². The van der Waals surface area contributed by atoms with E-state index in [9.17, 15) is 9.59 Å². The molecular weight excluding hydrogens is 270 g/mol. The maximum atomic E-state index is 11.9. The first-order valence-corrected chi connectivity index (χ1v) is 7.49. The fraction of sp³-hybridized carbons (Fsp3) is 0.643. The second-order valence-electron chi connectivity index (χ2n) is 5.36. The van der Waals surface area contributed by atoms with Gasteiger partial charge in [0, 0.05) is 25.2 Å². The highest BCUT2D eigenvalue weighted by atomic mass is 16.2. The third kappa shape index (κ3) is 4.86. The van der Waals surface area contributed by atoms with Crippen LogP contribution in [0, 0.1) is 0 Å². The van der Waals surface area contributed by atoms with Crippen LogP contribution in [0.2, 0.25) is 0 Å². The van der Waals surface area contributed by atoms with Crippen molar-refractivity contribution in [2.75, 3.05) is 18.4 Å². The molecule has 0 radical (unpaired) electrons. The van der Waals surface area contributed by atoms with Gasteiger partial charge in [-0.1, -0.05) is 19.3 Å². The molecule has 1 saturated carbocycles. The van der Waals surface area contributed by atoms with E-state index in [0.29, 0.717) is 18.8 Å². The van der Waals surface area contributed by atoms with Crippen molar-refractivity contribution in [2.24, 2.45) is 5.73 Å². The molecule has 0 aliphatic heterocycles. The molecule has 1 aliphatic rings. The Kier molecular flexibility index (Phi) is 5.74. The van der Waals surface area contributed by atoms with Gasteiger partial charge in [-0.25, -0.2) is 4.68 Å². The van der Waals surface area contributed by atoms with Crippen LogP contribution < -0.4 is 21.9 Å². The van der Waals surface area contributed by atoms with Crippen LogP contribution in [0.1, 0.15) is 32.1 Å². The van der Waals surface area contributed by atoms with Gasteiger partial charge < -0.3 is 16.4 Å². The molecule has 1 aromatic heterocycles. The van der Waals surface area contributed by atoms with Crippen molar-refractivity contribution < 1.29 is 4.79 Å². The summed E-state index contributed by atoms with van der Waals surface area (Å²) in [7, 11) is 0. The van der Waals surface area contributed by atoms with Gasteiger partial charge in [-0.2, -0.15) is 5.10 Å². The van der Waals surface area contributed by atoms with Gasteiger partial charge in [-0.15, -0.1) is 0 Å². The van der Waals surface area contributed by atoms with E-state index in [4.69, 9.17) is 5.73 Å². The molecule has 0 spiro atoms. The largest absolute Gasteiger partial charge is 0.382 e. The monoisotopic (exact) mass is 293 g/mol. The van der Waals surface area contributed by atoms with E-state index < -0.39 is 0 Å². The molecule has 0 aromatic carbocycles. The third-order valence-corrected chi connectivity index (χ3v) is 3.61. The van der Waals surface area contributed by atoms with Gasteiger partial charge in [0.05, 0.1) is 11.9 Å². The number of nitrogens with two attached hydrogens (primary N) is 1. The number of carbonyl (C=O) groups is 1. The zero-order valence-electron chi connectivity index (χ0n) is 12.2. The Bertz CT molecular complexity index is 522. The maximum absolute atomic E-state index is 11.9. The average molecular weight is 293 g/mol. The molecule has 21 heavy (non-hydrogen) atoms. The first-order chi connectivity index (χ1) is 10.2. The van der Waals surface area contributed by atoms with E-state index in [1.807, 2.05) is 0 Å². The topological polar surface area (TPSA) is 102 Å². The lowest BCUT2D eigenvalue weighted by Gasteiger charge is -2.22. The van der Waals surface area contributed by atoms with E-state index in [0.717, 1.165) is 25.7 Å². The number of nitrogens with one attached hydrogen (secondary N) is 2. The Morgan fingerprint density at radius 1 is 1.38 bits per heavy atom. The van der Waals surface area contributed by atoms with Gasteiger partial charge in [-0.3, -0.25) is 9.59 Å². The molecule has 1 aliphatic carbocycles. The summed E-state index contributed by atoms with van der Waals surface area (Å²) in [6.07, 6.45) is 7.14. The lowest BCUT2D eigenvalue weighted by atomic mass is 9.95. The molecule has 0 atom stereocenters. The number of hydrogen-bond donors (Lipinski definition) is 3. The van der Waals surface area contributed by atoms with Crippen molar-refractivity contribution in [3.8, 4) is 0 Å². The van der Waals surface area contributed by atoms with Gasteiger partial charge in [-0.05, 0) is 12.8 Å². The van der Waals surface area contributed by atoms with Crippen LogP contribution in [-0.2, 0) is 11.3 Å². The molecule has 0 unspecified atom stereocenters. The molecule has 7 nitrogen and oxygen atoms in total. The minimum Gasteiger partial charge on any atom is -0.382 e. The number of anilines is 1. The van der Waals surface area contributed by atoms with Crippen LogP contribution in [0.15, 0.2) is 17.1 Å². The molecule has 1 heterocycles. The highest BCUT2D eigenvalue weighted by molar-refractivity contribution is 5.75. The molecule has 1 amide bonds. The number of carbonyl (C=O) groups excluding carboxylic acids is 1. The molecule has 1 aromatic rings. The Labute approximate surface area is 123 Å². The lowest BCUT2D eigenvalue weighted by molar-refractivity contribution is -0.122. The quantitative estimate of drug-likeness (QED) is 0.688. The summed E-state index contributed by atoms with van der Waals surface area (Å²) in [5, 5.41) is 9.96. The van der Waals surface area contributed by atoms with Gasteiger partial charge in [0.2, 0.25) is 5.91 Å². The smallest absolute Gasteiger partial charge is 0.269 e. The second-order valence-corrected chi connectivity index (χ2v) is 5.36. The zero-order valence-corrected chi connectivity index (χ0v) is 12.2. The summed E-state index contributed by atoms with van der Waals surface area (Å²) in [5.74, 6) is -0.154. The number of aromatic nitrogens is 2. The van der Waals surface area contributed by atoms with Crippen LogP contribution in [0.4, 0.5) is 5.69 Å². The minimum absolute atomic E-state index is 0.0352. The van der Waals surface area contributed by atoms with E-state index in [2.05, 4.69) is 15.7 Å². The first kappa shape index (κ1) is 15.5. The maximum Gasteiger partial charge on any atom is 0.269 e. The Morgan fingerprint density at radius 2 is 2.14 bits per heavy atom. The fourth-order valence-electron chi connectivity index (χ4n) is 2.52. The van der Waals surface area contributed by atoms with Crippen LogP contribution in [0.25, 0.3) is 0 Å². The second kappa shape index (κ2) is 7.78. The van der Waals surface area contributed by atoms with E-state index in [-0.39, 0.29) is 24.1 Å². The first-order valence-electron chi connectivity index (χ1n) is 7.49. The van der Waals surface area contributed by atoms with Crippen molar-refractivity contribution in [2.45, 2.75) is 44.7 Å². The highest BCUT2D eigenvalue weighted by Gasteiger charge is 2.16. The van der Waals surface area contributed by atoms with Crippen LogP contribution >= 0.6 is 0 Å². The normalized spacial score (nSPS) is 15.7. The van der Waals surface area contributed by atoms with Crippen molar-refractivity contribution in [3.63, 3.8) is 0 Å². The summed E-state index contributed by atoms with van der Waals surface area (Å²) in [4.78, 5) is 23.8. The van der Waals surface area contributed by atoms with Crippen molar-refractivity contribution in [3.05, 3.63) is 22.6 Å². The lowest BCUT2D eigenvalue weighted by Crippen LogP contribution is -2.40. The fourth-order valence-corrected chi connectivity index (χ4v) is 2.52. The van der Waals surface area contributed by atoms with E-state index in [1.165, 1.54) is 23.4 Å². The summed E-state index contributed by atoms with van der Waals surface area (Å²) in [5.41, 5.74) is 5.70. The van der Waals surface area contributed by atoms with Crippen molar-refractivity contribution in [1.82, 2.24) is 15.1 Å². The molecule has 116 valence electrons. The number of hydrogen-bond acceptors (Lipinski definition) is 5. The number of amides is 1. The highest BCUT2D eigenvalue weighted by Crippen LogP contribution is 2.17. The third-order valence-electron chi connectivity index (χ3n) is 3.61. The predicted octanol–water partition coefficient (Wildman–Crippen LogP) is 0.0628. The Morgan fingerprint density at radius 3 is 2.81 bits per heavy atom. The average Bonchev–Trinajstić information content (AvgIpc) is 2.48. The summed E-state index contributed by atoms with van der Waals surface area (Å²) in [6, 6.07) is 1.67. The van der Waals surface area contributed by atoms with Gasteiger partial charge in [0.1, 0.15) is 6.54 Å². The summed E-state index contributed by atoms with van der Waals surface area (Å²) < 4.78 is 1.17. The molecule has 1 fully saturated rings. The van der Waals surface area contributed by atoms with E-state index >= 15 is 0 Å². The van der Waals surface area contributed by atoms with Crippen molar-refractivity contribution >= 4 is 11.6 Å². The standard InChI is InChI=1S/C14H23N5O2/c15-6-7-16-12-8-14(21)19(17-9-12)10-13(20)18-11-4-2-1-3-5-11/h8-9,11,16H,1-7,10,15H2,(H,18,20). The Hall–Kier alpha value is -1.89.